The molecular formula is C30H31N3O8S. The number of fused-ring (bicyclic) bond motifs is 1. The third-order valence-corrected chi connectivity index (χ3v) is 10.1. The highest BCUT2D eigenvalue weighted by molar-refractivity contribution is 7.90. The van der Waals surface area contributed by atoms with Crippen LogP contribution in [0.25, 0.3) is 11.0 Å². The smallest absolute Gasteiger partial charge is 0.341 e. The molecule has 5 rings (SSSR count). The van der Waals surface area contributed by atoms with Crippen molar-refractivity contribution >= 4 is 27.0 Å². The molecule has 0 aliphatic heterocycles. The van der Waals surface area contributed by atoms with E-state index in [0.29, 0.717) is 24.3 Å². The molecule has 0 radical (unpaired) electrons. The van der Waals surface area contributed by atoms with Gasteiger partial charge in [0.15, 0.2) is 0 Å². The van der Waals surface area contributed by atoms with Crippen LogP contribution < -0.4 is 19.8 Å². The second kappa shape index (κ2) is 11.5. The van der Waals surface area contributed by atoms with Gasteiger partial charge in [0, 0.05) is 32.4 Å². The van der Waals surface area contributed by atoms with Gasteiger partial charge < -0.3 is 23.9 Å². The predicted molar refractivity (Wildman–Crippen MR) is 156 cm³/mol. The van der Waals surface area contributed by atoms with Gasteiger partial charge in [0.2, 0.25) is 10.0 Å². The average Bonchev–Trinajstić information content (AvgIpc) is 3.80. The van der Waals surface area contributed by atoms with Gasteiger partial charge in [-0.2, -0.15) is 4.31 Å². The van der Waals surface area contributed by atoms with Crippen molar-refractivity contribution in [3.63, 3.8) is 0 Å². The van der Waals surface area contributed by atoms with Crippen molar-refractivity contribution in [1.29, 1.82) is 0 Å². The van der Waals surface area contributed by atoms with E-state index >= 15 is 0 Å². The first-order chi connectivity index (χ1) is 20.1. The van der Waals surface area contributed by atoms with E-state index in [0.717, 1.165) is 15.7 Å². The van der Waals surface area contributed by atoms with Crippen LogP contribution >= 0.6 is 0 Å². The molecule has 4 aromatic rings. The van der Waals surface area contributed by atoms with Crippen molar-refractivity contribution in [2.24, 2.45) is 7.05 Å². The number of carboxylic acids is 1. The molecule has 42 heavy (non-hydrogen) atoms. The molecule has 2 heterocycles. The molecule has 0 atom stereocenters. The van der Waals surface area contributed by atoms with Crippen molar-refractivity contribution in [1.82, 2.24) is 13.9 Å². The summed E-state index contributed by atoms with van der Waals surface area (Å²) in [6.45, 7) is 0.139. The Morgan fingerprint density at radius 1 is 0.976 bits per heavy atom. The number of hydrogen-bond donors (Lipinski definition) is 1. The van der Waals surface area contributed by atoms with E-state index in [-0.39, 0.29) is 36.5 Å². The number of aromatic carboxylic acids is 1. The summed E-state index contributed by atoms with van der Waals surface area (Å²) in [6, 6.07) is 17.2. The zero-order valence-electron chi connectivity index (χ0n) is 23.4. The minimum atomic E-state index is -3.89. The maximum Gasteiger partial charge on any atom is 0.341 e. The summed E-state index contributed by atoms with van der Waals surface area (Å²) in [5, 5.41) is 9.39. The van der Waals surface area contributed by atoms with Crippen LogP contribution in [0, 0.1) is 0 Å². The number of ether oxygens (including phenoxy) is 3. The lowest BCUT2D eigenvalue weighted by molar-refractivity contribution is 0.0694. The molecule has 1 N–H and O–H groups in total. The van der Waals surface area contributed by atoms with E-state index in [1.165, 1.54) is 29.7 Å². The number of hydrogen-bond acceptors (Lipinski definition) is 8. The Labute approximate surface area is 242 Å². The Morgan fingerprint density at radius 2 is 1.52 bits per heavy atom. The van der Waals surface area contributed by atoms with E-state index in [9.17, 15) is 23.1 Å². The van der Waals surface area contributed by atoms with Crippen LogP contribution in [0.1, 0.15) is 34.3 Å². The summed E-state index contributed by atoms with van der Waals surface area (Å²) in [7, 11) is 0.680. The van der Waals surface area contributed by atoms with Crippen LogP contribution in [0.5, 0.6) is 17.2 Å². The molecule has 2 aromatic carbocycles. The van der Waals surface area contributed by atoms with E-state index in [1.807, 2.05) is 24.3 Å². The van der Waals surface area contributed by atoms with E-state index in [2.05, 4.69) is 4.98 Å². The summed E-state index contributed by atoms with van der Waals surface area (Å²) in [5.74, 6) is 0.229. The Hall–Kier alpha value is -4.42. The number of pyridine rings is 2. The molecule has 0 amide bonds. The summed E-state index contributed by atoms with van der Waals surface area (Å²) in [4.78, 5) is 28.4. The summed E-state index contributed by atoms with van der Waals surface area (Å²) in [5.41, 5.74) is 1.01. The first kappa shape index (κ1) is 29.1. The SMILES string of the molecule is COc1ccc(CN(Cc2ccc(OC)cc2)S(=O)(=O)C2(COc3ccnc4cc(C(=O)O)c(=O)n(C)c34)CC2)cc1. The first-order valence-electron chi connectivity index (χ1n) is 13.2. The molecule has 1 aliphatic carbocycles. The van der Waals surface area contributed by atoms with Gasteiger partial charge in [-0.3, -0.25) is 9.78 Å². The number of carbonyl (C=O) groups is 1. The molecule has 0 unspecified atom stereocenters. The van der Waals surface area contributed by atoms with E-state index in [4.69, 9.17) is 14.2 Å². The van der Waals surface area contributed by atoms with Gasteiger partial charge in [-0.15, -0.1) is 0 Å². The lowest BCUT2D eigenvalue weighted by Gasteiger charge is -2.28. The number of rotatable bonds is 12. The molecule has 0 bridgehead atoms. The topological polar surface area (TPSA) is 137 Å². The van der Waals surface area contributed by atoms with Crippen molar-refractivity contribution in [2.45, 2.75) is 30.7 Å². The van der Waals surface area contributed by atoms with Crippen LogP contribution in [0.15, 0.2) is 71.7 Å². The Kier molecular flexibility index (Phi) is 7.93. The highest BCUT2D eigenvalue weighted by Gasteiger charge is 2.57. The maximum absolute atomic E-state index is 14.3. The van der Waals surface area contributed by atoms with Crippen LogP contribution in [-0.4, -0.2) is 58.9 Å². The molecular weight excluding hydrogens is 562 g/mol. The fraction of sp³-hybridized carbons (Fsp3) is 0.300. The average molecular weight is 594 g/mol. The number of sulfonamides is 1. The number of benzene rings is 2. The third-order valence-electron chi connectivity index (χ3n) is 7.52. The highest BCUT2D eigenvalue weighted by atomic mass is 32.2. The minimum absolute atomic E-state index is 0.144. The quantitative estimate of drug-likeness (QED) is 0.261. The van der Waals surface area contributed by atoms with Gasteiger partial charge >= 0.3 is 5.97 Å². The van der Waals surface area contributed by atoms with E-state index in [1.54, 1.807) is 38.5 Å². The van der Waals surface area contributed by atoms with Gasteiger partial charge in [0.05, 0.1) is 19.7 Å². The first-order valence-corrected chi connectivity index (χ1v) is 14.6. The van der Waals surface area contributed by atoms with Gasteiger partial charge in [-0.25, -0.2) is 13.2 Å². The van der Waals surface area contributed by atoms with Gasteiger partial charge in [-0.1, -0.05) is 24.3 Å². The van der Waals surface area contributed by atoms with E-state index < -0.39 is 31.9 Å². The predicted octanol–water partition coefficient (Wildman–Crippen LogP) is 3.59. The van der Waals surface area contributed by atoms with Crippen molar-refractivity contribution < 1.29 is 32.5 Å². The molecule has 12 heteroatoms. The largest absolute Gasteiger partial charge is 0.497 e. The number of carboxylic acid groups (broad SMARTS) is 1. The van der Waals surface area contributed by atoms with Crippen LogP contribution in [0.2, 0.25) is 0 Å². The Bertz CT molecular complexity index is 1730. The second-order valence-electron chi connectivity index (χ2n) is 10.2. The van der Waals surface area contributed by atoms with Crippen LogP contribution in [-0.2, 0) is 30.2 Å². The molecule has 0 spiro atoms. The van der Waals surface area contributed by atoms with Gasteiger partial charge in [0.1, 0.15) is 39.7 Å². The Balaban J connectivity index is 1.45. The fourth-order valence-corrected chi connectivity index (χ4v) is 6.85. The van der Waals surface area contributed by atoms with Gasteiger partial charge in [-0.05, 0) is 54.3 Å². The van der Waals surface area contributed by atoms with Gasteiger partial charge in [0.25, 0.3) is 5.56 Å². The summed E-state index contributed by atoms with van der Waals surface area (Å²) in [6.07, 6.45) is 2.24. The molecule has 1 fully saturated rings. The lowest BCUT2D eigenvalue weighted by Crippen LogP contribution is -2.42. The van der Waals surface area contributed by atoms with Crippen LogP contribution in [0.3, 0.4) is 0 Å². The second-order valence-corrected chi connectivity index (χ2v) is 12.5. The molecule has 2 aromatic heterocycles. The number of aromatic nitrogens is 2. The molecule has 1 saturated carbocycles. The summed E-state index contributed by atoms with van der Waals surface area (Å²) >= 11 is 0. The highest BCUT2D eigenvalue weighted by Crippen LogP contribution is 2.46. The zero-order valence-corrected chi connectivity index (χ0v) is 24.3. The summed E-state index contributed by atoms with van der Waals surface area (Å²) < 4.78 is 46.6. The number of methoxy groups -OCH3 is 2. The van der Waals surface area contributed by atoms with Crippen molar-refractivity contribution in [3.8, 4) is 17.2 Å². The fourth-order valence-electron chi connectivity index (χ4n) is 4.84. The molecule has 0 saturated heterocycles. The zero-order chi connectivity index (χ0) is 30.1. The standard InChI is InChI=1S/C30H31N3O8S/c1-32-27-25(16-24(28(32)34)29(35)36)31-15-12-26(27)41-19-30(13-14-30)42(37,38)33(17-20-4-8-22(39-2)9-5-20)18-21-6-10-23(40-3)11-7-21/h4-12,15-16H,13-14,17-19H2,1-3H3,(H,35,36). The lowest BCUT2D eigenvalue weighted by atomic mass is 10.2. The number of aryl methyl sites for hydroxylation is 1. The van der Waals surface area contributed by atoms with Crippen molar-refractivity contribution in [3.05, 3.63) is 93.9 Å². The third kappa shape index (κ3) is 5.55. The monoisotopic (exact) mass is 593 g/mol. The minimum Gasteiger partial charge on any atom is -0.497 e. The normalized spacial score (nSPS) is 14.1. The molecule has 220 valence electrons. The molecule has 1 aliphatic rings. The molecule has 11 nitrogen and oxygen atoms in total. The Morgan fingerprint density at radius 3 is 2.00 bits per heavy atom. The maximum atomic E-state index is 14.3. The number of nitrogens with zero attached hydrogens (tertiary/aromatic N) is 3. The van der Waals surface area contributed by atoms with Crippen molar-refractivity contribution in [2.75, 3.05) is 20.8 Å². The van der Waals surface area contributed by atoms with Crippen LogP contribution in [0.4, 0.5) is 0 Å².